The van der Waals surface area contributed by atoms with Crippen LogP contribution in [0.4, 0.5) is 5.69 Å². The zero-order valence-corrected chi connectivity index (χ0v) is 15.2. The van der Waals surface area contributed by atoms with Crippen LogP contribution in [0.5, 0.6) is 0 Å². The second kappa shape index (κ2) is 8.50. The fourth-order valence-corrected chi connectivity index (χ4v) is 2.97. The van der Waals surface area contributed by atoms with E-state index in [1.54, 1.807) is 6.26 Å². The number of carbonyl (C=O) groups is 1. The van der Waals surface area contributed by atoms with Crippen molar-refractivity contribution in [3.8, 4) is 11.1 Å². The molecule has 3 rings (SSSR count). The summed E-state index contributed by atoms with van der Waals surface area (Å²) in [4.78, 5) is 15.0. The van der Waals surface area contributed by atoms with E-state index in [0.717, 1.165) is 36.4 Å². The lowest BCUT2D eigenvalue weighted by Gasteiger charge is -2.18. The van der Waals surface area contributed by atoms with Crippen molar-refractivity contribution in [2.75, 3.05) is 18.4 Å². The first kappa shape index (κ1) is 18.0. The Hall–Kier alpha value is -2.85. The van der Waals surface area contributed by atoms with Gasteiger partial charge in [-0.05, 0) is 42.4 Å². The molecule has 1 heterocycles. The second-order valence-corrected chi connectivity index (χ2v) is 6.15. The zero-order valence-electron chi connectivity index (χ0n) is 15.2. The Morgan fingerprint density at radius 1 is 1.00 bits per heavy atom. The fourth-order valence-electron chi connectivity index (χ4n) is 2.97. The third-order valence-corrected chi connectivity index (χ3v) is 4.44. The van der Waals surface area contributed by atoms with E-state index < -0.39 is 0 Å². The van der Waals surface area contributed by atoms with Crippen molar-refractivity contribution >= 4 is 11.6 Å². The lowest BCUT2D eigenvalue weighted by molar-refractivity contribution is 0.0997. The van der Waals surface area contributed by atoms with Crippen molar-refractivity contribution in [3.05, 3.63) is 78.3 Å². The third kappa shape index (κ3) is 4.21. The van der Waals surface area contributed by atoms with Crippen LogP contribution in [0, 0.1) is 0 Å². The van der Waals surface area contributed by atoms with E-state index in [2.05, 4.69) is 30.1 Å². The normalized spacial score (nSPS) is 10.9. The maximum atomic E-state index is 12.7. The summed E-state index contributed by atoms with van der Waals surface area (Å²) in [6.07, 6.45) is 1.55. The maximum Gasteiger partial charge on any atom is 0.292 e. The Bertz CT molecular complexity index is 851. The van der Waals surface area contributed by atoms with Gasteiger partial charge in [-0.2, -0.15) is 0 Å². The molecule has 134 valence electrons. The Labute approximate surface area is 154 Å². The van der Waals surface area contributed by atoms with Crippen molar-refractivity contribution < 1.29 is 9.21 Å². The van der Waals surface area contributed by atoms with Gasteiger partial charge in [-0.3, -0.25) is 9.69 Å². The molecule has 4 nitrogen and oxygen atoms in total. The van der Waals surface area contributed by atoms with Gasteiger partial charge in [0, 0.05) is 17.8 Å². The molecule has 3 aromatic rings. The molecule has 0 saturated carbocycles. The monoisotopic (exact) mass is 348 g/mol. The van der Waals surface area contributed by atoms with E-state index in [1.807, 2.05) is 54.6 Å². The average molecular weight is 348 g/mol. The molecule has 1 aromatic heterocycles. The maximum absolute atomic E-state index is 12.7. The van der Waals surface area contributed by atoms with E-state index in [1.165, 1.54) is 5.56 Å². The number of carbonyl (C=O) groups excluding carboxylic acids is 1. The molecule has 2 aromatic carbocycles. The van der Waals surface area contributed by atoms with Crippen molar-refractivity contribution in [1.29, 1.82) is 0 Å². The predicted octanol–water partition coefficient (Wildman–Crippen LogP) is 5.04. The molecule has 26 heavy (non-hydrogen) atoms. The van der Waals surface area contributed by atoms with Crippen LogP contribution >= 0.6 is 0 Å². The predicted molar refractivity (Wildman–Crippen MR) is 105 cm³/mol. The number of hydrogen-bond acceptors (Lipinski definition) is 3. The quantitative estimate of drug-likeness (QED) is 0.650. The standard InChI is InChI=1S/C22H24N2O2/c1-3-24(4-2)16-17-9-8-12-19(15-17)23-22(25)21-20(13-14-26-21)18-10-6-5-7-11-18/h5-15H,3-4,16H2,1-2H3,(H,23,25). The van der Waals surface area contributed by atoms with Gasteiger partial charge in [-0.1, -0.05) is 56.3 Å². The van der Waals surface area contributed by atoms with E-state index in [0.29, 0.717) is 5.76 Å². The topological polar surface area (TPSA) is 45.5 Å². The molecule has 0 bridgehead atoms. The van der Waals surface area contributed by atoms with E-state index in [4.69, 9.17) is 4.42 Å². The van der Waals surface area contributed by atoms with Gasteiger partial charge in [0.05, 0.1) is 6.26 Å². The Morgan fingerprint density at radius 2 is 1.77 bits per heavy atom. The highest BCUT2D eigenvalue weighted by Gasteiger charge is 2.17. The van der Waals surface area contributed by atoms with Crippen LogP contribution in [-0.4, -0.2) is 23.9 Å². The smallest absolute Gasteiger partial charge is 0.292 e. The van der Waals surface area contributed by atoms with Crippen molar-refractivity contribution in [1.82, 2.24) is 4.90 Å². The molecule has 0 aliphatic rings. The fraction of sp³-hybridized carbons (Fsp3) is 0.227. The van der Waals surface area contributed by atoms with Crippen LogP contribution in [0.3, 0.4) is 0 Å². The minimum absolute atomic E-state index is 0.242. The number of furan rings is 1. The second-order valence-electron chi connectivity index (χ2n) is 6.15. The number of benzene rings is 2. The van der Waals surface area contributed by atoms with Crippen LogP contribution in [0.2, 0.25) is 0 Å². The highest BCUT2D eigenvalue weighted by atomic mass is 16.3. The van der Waals surface area contributed by atoms with Gasteiger partial charge in [0.2, 0.25) is 0 Å². The summed E-state index contributed by atoms with van der Waals surface area (Å²) < 4.78 is 5.46. The summed E-state index contributed by atoms with van der Waals surface area (Å²) in [6, 6.07) is 19.5. The lowest BCUT2D eigenvalue weighted by Crippen LogP contribution is -2.22. The van der Waals surface area contributed by atoms with Crippen LogP contribution in [0.25, 0.3) is 11.1 Å². The summed E-state index contributed by atoms with van der Waals surface area (Å²) in [6.45, 7) is 7.17. The van der Waals surface area contributed by atoms with Crippen molar-refractivity contribution in [2.24, 2.45) is 0 Å². The molecular weight excluding hydrogens is 324 g/mol. The number of amides is 1. The molecule has 0 unspecified atom stereocenters. The van der Waals surface area contributed by atoms with Gasteiger partial charge >= 0.3 is 0 Å². The number of nitrogens with one attached hydrogen (secondary N) is 1. The average Bonchev–Trinajstić information content (AvgIpc) is 3.17. The molecule has 0 fully saturated rings. The van der Waals surface area contributed by atoms with Gasteiger partial charge in [0.15, 0.2) is 5.76 Å². The minimum Gasteiger partial charge on any atom is -0.459 e. The Balaban J connectivity index is 1.76. The zero-order chi connectivity index (χ0) is 18.4. The largest absolute Gasteiger partial charge is 0.459 e. The van der Waals surface area contributed by atoms with E-state index >= 15 is 0 Å². The van der Waals surface area contributed by atoms with Crippen LogP contribution in [0.1, 0.15) is 30.0 Å². The first-order valence-electron chi connectivity index (χ1n) is 8.96. The Kier molecular flexibility index (Phi) is 5.87. The Morgan fingerprint density at radius 3 is 2.50 bits per heavy atom. The number of nitrogens with zero attached hydrogens (tertiary/aromatic N) is 1. The van der Waals surface area contributed by atoms with Gasteiger partial charge in [0.1, 0.15) is 0 Å². The van der Waals surface area contributed by atoms with E-state index in [-0.39, 0.29) is 5.91 Å². The first-order chi connectivity index (χ1) is 12.7. The summed E-state index contributed by atoms with van der Waals surface area (Å²) in [7, 11) is 0. The summed E-state index contributed by atoms with van der Waals surface area (Å²) in [5, 5.41) is 2.95. The third-order valence-electron chi connectivity index (χ3n) is 4.44. The number of rotatable bonds is 7. The summed E-state index contributed by atoms with van der Waals surface area (Å²) in [5.74, 6) is 0.0826. The first-order valence-corrected chi connectivity index (χ1v) is 8.96. The molecule has 1 N–H and O–H groups in total. The van der Waals surface area contributed by atoms with Gasteiger partial charge in [0.25, 0.3) is 5.91 Å². The minimum atomic E-state index is -0.242. The molecule has 0 aliphatic heterocycles. The molecule has 4 heteroatoms. The molecule has 0 aliphatic carbocycles. The van der Waals surface area contributed by atoms with E-state index in [9.17, 15) is 4.79 Å². The van der Waals surface area contributed by atoms with Crippen LogP contribution in [0.15, 0.2) is 71.3 Å². The summed E-state index contributed by atoms with van der Waals surface area (Å²) in [5.41, 5.74) is 3.70. The van der Waals surface area contributed by atoms with Crippen LogP contribution < -0.4 is 5.32 Å². The summed E-state index contributed by atoms with van der Waals surface area (Å²) >= 11 is 0. The number of hydrogen-bond donors (Lipinski definition) is 1. The SMILES string of the molecule is CCN(CC)Cc1cccc(NC(=O)c2occc2-c2ccccc2)c1. The molecule has 1 amide bonds. The highest BCUT2D eigenvalue weighted by molar-refractivity contribution is 6.06. The van der Waals surface area contributed by atoms with Crippen LogP contribution in [-0.2, 0) is 6.54 Å². The molecule has 0 atom stereocenters. The van der Waals surface area contributed by atoms with Gasteiger partial charge in [-0.25, -0.2) is 0 Å². The molecule has 0 radical (unpaired) electrons. The lowest BCUT2D eigenvalue weighted by atomic mass is 10.1. The molecule has 0 spiro atoms. The molecular formula is C22H24N2O2. The van der Waals surface area contributed by atoms with Crippen molar-refractivity contribution in [3.63, 3.8) is 0 Å². The van der Waals surface area contributed by atoms with Gasteiger partial charge < -0.3 is 9.73 Å². The molecule has 0 saturated heterocycles. The number of anilines is 1. The van der Waals surface area contributed by atoms with Crippen molar-refractivity contribution in [2.45, 2.75) is 20.4 Å². The van der Waals surface area contributed by atoms with Gasteiger partial charge in [-0.15, -0.1) is 0 Å². The highest BCUT2D eigenvalue weighted by Crippen LogP contribution is 2.25.